The number of alkyl halides is 1. The number of nitrogens with zero attached hydrogens (tertiary/aromatic N) is 3. The van der Waals surface area contributed by atoms with Crippen LogP contribution in [0.1, 0.15) is 32.6 Å². The summed E-state index contributed by atoms with van der Waals surface area (Å²) in [4.78, 5) is 4.03. The molecule has 14 heavy (non-hydrogen) atoms. The normalized spacial score (nSPS) is 15.9. The van der Waals surface area contributed by atoms with Gasteiger partial charge in [-0.15, -0.1) is 0 Å². The second-order valence-electron chi connectivity index (χ2n) is 4.01. The highest BCUT2D eigenvalue weighted by Gasteiger charge is 2.24. The lowest BCUT2D eigenvalue weighted by atomic mass is 10.0. The van der Waals surface area contributed by atoms with Crippen LogP contribution in [0.4, 0.5) is 4.39 Å². The van der Waals surface area contributed by atoms with Crippen molar-refractivity contribution in [3.05, 3.63) is 12.2 Å². The lowest BCUT2D eigenvalue weighted by molar-refractivity contribution is 0.193. The van der Waals surface area contributed by atoms with Crippen LogP contribution in [-0.2, 0) is 6.42 Å². The molecule has 1 aromatic rings. The Balaban J connectivity index is 2.81. The Bertz CT molecular complexity index is 293. The first-order valence-electron chi connectivity index (χ1n) is 4.73. The molecule has 1 aromatic heterocycles. The van der Waals surface area contributed by atoms with E-state index in [-0.39, 0.29) is 19.0 Å². The number of nitrogens with two attached hydrogens (primary N) is 1. The van der Waals surface area contributed by atoms with Crippen LogP contribution in [0.3, 0.4) is 0 Å². The molecule has 0 aromatic carbocycles. The molecule has 1 unspecified atom stereocenters. The van der Waals surface area contributed by atoms with E-state index in [0.29, 0.717) is 5.82 Å². The van der Waals surface area contributed by atoms with Crippen molar-refractivity contribution in [1.29, 1.82) is 0 Å². The molecule has 0 amide bonds. The van der Waals surface area contributed by atoms with Crippen molar-refractivity contribution in [3.8, 4) is 0 Å². The SMILES string of the molecule is CC(C)n1ncnc1CC(C)(F)CN. The minimum atomic E-state index is -1.40. The van der Waals surface area contributed by atoms with Crippen LogP contribution in [0.5, 0.6) is 0 Å². The number of halogens is 1. The molecule has 1 rings (SSSR count). The van der Waals surface area contributed by atoms with Gasteiger partial charge in [0.1, 0.15) is 17.8 Å². The van der Waals surface area contributed by atoms with Crippen molar-refractivity contribution in [2.75, 3.05) is 6.54 Å². The first-order valence-corrected chi connectivity index (χ1v) is 4.73. The smallest absolute Gasteiger partial charge is 0.138 e. The molecule has 80 valence electrons. The average molecular weight is 200 g/mol. The summed E-state index contributed by atoms with van der Waals surface area (Å²) in [5, 5.41) is 4.03. The third-order valence-electron chi connectivity index (χ3n) is 2.09. The van der Waals surface area contributed by atoms with Crippen LogP contribution in [0, 0.1) is 0 Å². The zero-order chi connectivity index (χ0) is 10.8. The first-order chi connectivity index (χ1) is 6.46. The Morgan fingerprint density at radius 3 is 2.79 bits per heavy atom. The molecule has 0 bridgehead atoms. The van der Waals surface area contributed by atoms with Gasteiger partial charge in [0.15, 0.2) is 0 Å². The van der Waals surface area contributed by atoms with E-state index in [1.807, 2.05) is 13.8 Å². The van der Waals surface area contributed by atoms with E-state index in [1.54, 1.807) is 4.68 Å². The maximum absolute atomic E-state index is 13.6. The molecule has 0 aliphatic carbocycles. The average Bonchev–Trinajstić information content (AvgIpc) is 2.51. The van der Waals surface area contributed by atoms with Crippen LogP contribution >= 0.6 is 0 Å². The van der Waals surface area contributed by atoms with Crippen LogP contribution in [0.15, 0.2) is 6.33 Å². The lowest BCUT2D eigenvalue weighted by Crippen LogP contribution is -2.33. The van der Waals surface area contributed by atoms with Gasteiger partial charge in [-0.1, -0.05) is 0 Å². The van der Waals surface area contributed by atoms with Crippen LogP contribution in [0.25, 0.3) is 0 Å². The Labute approximate surface area is 83.3 Å². The fourth-order valence-electron chi connectivity index (χ4n) is 1.23. The molecule has 0 saturated carbocycles. The van der Waals surface area contributed by atoms with Crippen molar-refractivity contribution >= 4 is 0 Å². The molecule has 1 atom stereocenters. The Morgan fingerprint density at radius 1 is 1.64 bits per heavy atom. The molecule has 5 heteroatoms. The van der Waals surface area contributed by atoms with Crippen molar-refractivity contribution < 1.29 is 4.39 Å². The third-order valence-corrected chi connectivity index (χ3v) is 2.09. The second-order valence-corrected chi connectivity index (χ2v) is 4.01. The molecule has 0 saturated heterocycles. The summed E-state index contributed by atoms with van der Waals surface area (Å²) in [5.74, 6) is 0.649. The van der Waals surface area contributed by atoms with Crippen LogP contribution in [0.2, 0.25) is 0 Å². The third kappa shape index (κ3) is 2.51. The minimum Gasteiger partial charge on any atom is -0.328 e. The highest BCUT2D eigenvalue weighted by Crippen LogP contribution is 2.16. The van der Waals surface area contributed by atoms with E-state index >= 15 is 0 Å². The molecule has 2 N–H and O–H groups in total. The topological polar surface area (TPSA) is 56.7 Å². The van der Waals surface area contributed by atoms with E-state index in [0.717, 1.165) is 0 Å². The number of hydrogen-bond acceptors (Lipinski definition) is 3. The van der Waals surface area contributed by atoms with Crippen LogP contribution in [-0.4, -0.2) is 27.0 Å². The summed E-state index contributed by atoms with van der Waals surface area (Å²) in [5.41, 5.74) is 3.91. The molecule has 0 fully saturated rings. The molecular weight excluding hydrogens is 183 g/mol. The summed E-state index contributed by atoms with van der Waals surface area (Å²) in [6.07, 6.45) is 1.66. The van der Waals surface area contributed by atoms with Crippen molar-refractivity contribution in [1.82, 2.24) is 14.8 Å². The Morgan fingerprint density at radius 2 is 2.29 bits per heavy atom. The maximum Gasteiger partial charge on any atom is 0.138 e. The van der Waals surface area contributed by atoms with Crippen molar-refractivity contribution in [2.45, 2.75) is 38.9 Å². The van der Waals surface area contributed by atoms with Crippen LogP contribution < -0.4 is 5.73 Å². The highest BCUT2D eigenvalue weighted by atomic mass is 19.1. The molecule has 0 spiro atoms. The molecule has 1 heterocycles. The minimum absolute atomic E-state index is 0.00203. The van der Waals surface area contributed by atoms with Gasteiger partial charge in [0, 0.05) is 19.0 Å². The molecule has 0 aliphatic heterocycles. The zero-order valence-electron chi connectivity index (χ0n) is 8.87. The number of aromatic nitrogens is 3. The highest BCUT2D eigenvalue weighted by molar-refractivity contribution is 4.94. The number of rotatable bonds is 4. The summed E-state index contributed by atoms with van der Waals surface area (Å²) >= 11 is 0. The van der Waals surface area contributed by atoms with E-state index < -0.39 is 5.67 Å². The second kappa shape index (κ2) is 4.04. The van der Waals surface area contributed by atoms with Gasteiger partial charge < -0.3 is 5.73 Å². The van der Waals surface area contributed by atoms with Crippen molar-refractivity contribution in [3.63, 3.8) is 0 Å². The van der Waals surface area contributed by atoms with Crippen molar-refractivity contribution in [2.24, 2.45) is 5.73 Å². The largest absolute Gasteiger partial charge is 0.328 e. The van der Waals surface area contributed by atoms with Gasteiger partial charge in [-0.25, -0.2) is 14.1 Å². The van der Waals surface area contributed by atoms with E-state index in [4.69, 9.17) is 5.73 Å². The molecule has 0 radical (unpaired) electrons. The number of hydrogen-bond donors (Lipinski definition) is 1. The molecule has 4 nitrogen and oxygen atoms in total. The van der Waals surface area contributed by atoms with Gasteiger partial charge in [-0.3, -0.25) is 0 Å². The van der Waals surface area contributed by atoms with Gasteiger partial charge >= 0.3 is 0 Å². The van der Waals surface area contributed by atoms with Gasteiger partial charge in [0.2, 0.25) is 0 Å². The zero-order valence-corrected chi connectivity index (χ0v) is 8.87. The monoisotopic (exact) mass is 200 g/mol. The van der Waals surface area contributed by atoms with Gasteiger partial charge in [0.25, 0.3) is 0 Å². The Kier molecular flexibility index (Phi) is 3.21. The molecule has 0 aliphatic rings. The summed E-state index contributed by atoms with van der Waals surface area (Å²) in [6.45, 7) is 5.44. The fourth-order valence-corrected chi connectivity index (χ4v) is 1.23. The van der Waals surface area contributed by atoms with E-state index in [2.05, 4.69) is 10.1 Å². The molecular formula is C9H17FN4. The van der Waals surface area contributed by atoms with Gasteiger partial charge in [0.05, 0.1) is 0 Å². The summed E-state index contributed by atoms with van der Waals surface area (Å²) in [7, 11) is 0. The Hall–Kier alpha value is -0.970. The lowest BCUT2D eigenvalue weighted by Gasteiger charge is -2.18. The summed E-state index contributed by atoms with van der Waals surface area (Å²) in [6, 6.07) is 0.195. The van der Waals surface area contributed by atoms with E-state index in [1.165, 1.54) is 13.3 Å². The quantitative estimate of drug-likeness (QED) is 0.791. The maximum atomic E-state index is 13.6. The fraction of sp³-hybridized carbons (Fsp3) is 0.778. The van der Waals surface area contributed by atoms with Gasteiger partial charge in [-0.05, 0) is 20.8 Å². The predicted octanol–water partition coefficient (Wildman–Crippen LogP) is 1.09. The standard InChI is InChI=1S/C9H17FN4/c1-7(2)14-8(12-6-13-14)4-9(3,10)5-11/h6-7H,4-5,11H2,1-3H3. The van der Waals surface area contributed by atoms with E-state index in [9.17, 15) is 4.39 Å². The van der Waals surface area contributed by atoms with Gasteiger partial charge in [-0.2, -0.15) is 5.10 Å². The predicted molar refractivity (Wildman–Crippen MR) is 52.7 cm³/mol. The first kappa shape index (κ1) is 11.1. The summed E-state index contributed by atoms with van der Waals surface area (Å²) < 4.78 is 15.3.